The molecule has 7 heteroatoms. The van der Waals surface area contributed by atoms with Gasteiger partial charge in [0.25, 0.3) is 11.8 Å². The van der Waals surface area contributed by atoms with Gasteiger partial charge in [0, 0.05) is 37.2 Å². The van der Waals surface area contributed by atoms with Gasteiger partial charge in [-0.1, -0.05) is 19.1 Å². The molecule has 2 aromatic rings. The molecular formula is C26H31N3O4. The number of piperidine rings is 1. The van der Waals surface area contributed by atoms with Crippen LogP contribution in [0.5, 0.6) is 11.5 Å². The van der Waals surface area contributed by atoms with Crippen LogP contribution >= 0.6 is 0 Å². The topological polar surface area (TPSA) is 93.9 Å². The van der Waals surface area contributed by atoms with E-state index in [0.29, 0.717) is 60.9 Å². The van der Waals surface area contributed by atoms with E-state index in [0.717, 1.165) is 17.5 Å². The number of anilines is 1. The van der Waals surface area contributed by atoms with Crippen LogP contribution in [0, 0.1) is 6.92 Å². The van der Waals surface area contributed by atoms with E-state index >= 15 is 0 Å². The average molecular weight is 450 g/mol. The number of likely N-dealkylation sites (tertiary alicyclic amines) is 1. The first-order valence-electron chi connectivity index (χ1n) is 11.5. The van der Waals surface area contributed by atoms with Crippen molar-refractivity contribution in [3.05, 3.63) is 58.7 Å². The Morgan fingerprint density at radius 3 is 2.70 bits per heavy atom. The van der Waals surface area contributed by atoms with Gasteiger partial charge in [0.1, 0.15) is 11.5 Å². The minimum absolute atomic E-state index is 0.0389. The van der Waals surface area contributed by atoms with E-state index in [9.17, 15) is 9.59 Å². The molecule has 0 bridgehead atoms. The second-order valence-corrected chi connectivity index (χ2v) is 8.54. The maximum Gasteiger partial charge on any atom is 0.258 e. The first-order chi connectivity index (χ1) is 15.9. The quantitative estimate of drug-likeness (QED) is 0.669. The predicted octanol–water partition coefficient (Wildman–Crippen LogP) is 4.15. The molecule has 1 fully saturated rings. The van der Waals surface area contributed by atoms with Crippen molar-refractivity contribution in [1.82, 2.24) is 10.2 Å². The third-order valence-corrected chi connectivity index (χ3v) is 6.21. The smallest absolute Gasteiger partial charge is 0.258 e. The van der Waals surface area contributed by atoms with Crippen molar-refractivity contribution >= 4 is 23.6 Å². The summed E-state index contributed by atoms with van der Waals surface area (Å²) in [7, 11) is 0. The van der Waals surface area contributed by atoms with Crippen molar-refractivity contribution in [2.45, 2.75) is 45.8 Å². The first kappa shape index (κ1) is 22.7. The highest BCUT2D eigenvalue weighted by molar-refractivity contribution is 5.99. The van der Waals surface area contributed by atoms with Crippen molar-refractivity contribution in [2.24, 2.45) is 0 Å². The minimum atomic E-state index is -0.806. The Morgan fingerprint density at radius 1 is 1.24 bits per heavy atom. The molecule has 4 rings (SSSR count). The highest BCUT2D eigenvalue weighted by atomic mass is 16.5. The third-order valence-electron chi connectivity index (χ3n) is 6.21. The Morgan fingerprint density at radius 2 is 2.00 bits per heavy atom. The third kappa shape index (κ3) is 4.53. The fourth-order valence-electron chi connectivity index (χ4n) is 4.35. The lowest BCUT2D eigenvalue weighted by Crippen LogP contribution is -2.61. The number of hydrogen-bond acceptors (Lipinski definition) is 5. The molecule has 0 aliphatic carbocycles. The number of carbonyl (C=O) groups excluding carboxylic acids is 2. The number of ether oxygens (including phenoxy) is 2. The molecule has 2 aromatic carbocycles. The number of nitrogens with two attached hydrogens (primary N) is 1. The summed E-state index contributed by atoms with van der Waals surface area (Å²) in [6, 6.07) is 8.98. The first-order valence-corrected chi connectivity index (χ1v) is 11.5. The van der Waals surface area contributed by atoms with E-state index in [2.05, 4.69) is 12.2 Å². The molecule has 7 nitrogen and oxygen atoms in total. The Labute approximate surface area is 194 Å². The van der Waals surface area contributed by atoms with E-state index in [4.69, 9.17) is 15.2 Å². The van der Waals surface area contributed by atoms with Gasteiger partial charge in [-0.3, -0.25) is 9.59 Å². The number of hydrogen-bond donors (Lipinski definition) is 2. The number of fused-ring (bicyclic) bond motifs is 1. The number of carbonyl (C=O) groups is 2. The largest absolute Gasteiger partial charge is 0.494 e. The molecule has 2 aliphatic heterocycles. The zero-order valence-corrected chi connectivity index (χ0v) is 19.4. The number of rotatable bonds is 5. The monoisotopic (exact) mass is 449 g/mol. The van der Waals surface area contributed by atoms with E-state index in [1.54, 1.807) is 18.2 Å². The van der Waals surface area contributed by atoms with Crippen LogP contribution < -0.4 is 20.5 Å². The normalized spacial score (nSPS) is 16.9. The Kier molecular flexibility index (Phi) is 6.31. The van der Waals surface area contributed by atoms with Gasteiger partial charge in [-0.05, 0) is 61.7 Å². The van der Waals surface area contributed by atoms with E-state index in [1.807, 2.05) is 43.0 Å². The molecule has 0 atom stereocenters. The Hall–Kier alpha value is -3.48. The van der Waals surface area contributed by atoms with Gasteiger partial charge in [0.15, 0.2) is 5.72 Å². The molecule has 0 aromatic heterocycles. The molecular weight excluding hydrogens is 418 g/mol. The van der Waals surface area contributed by atoms with Crippen LogP contribution in [-0.2, 0) is 0 Å². The second-order valence-electron chi connectivity index (χ2n) is 8.54. The fraction of sp³-hybridized carbons (Fsp3) is 0.385. The van der Waals surface area contributed by atoms with Crippen LogP contribution in [0.3, 0.4) is 0 Å². The number of amides is 2. The van der Waals surface area contributed by atoms with Crippen LogP contribution in [0.2, 0.25) is 0 Å². The van der Waals surface area contributed by atoms with Gasteiger partial charge < -0.3 is 25.4 Å². The molecule has 2 heterocycles. The lowest BCUT2D eigenvalue weighted by Gasteiger charge is -2.44. The summed E-state index contributed by atoms with van der Waals surface area (Å²) in [6.45, 7) is 7.36. The predicted molar refractivity (Wildman–Crippen MR) is 128 cm³/mol. The summed E-state index contributed by atoms with van der Waals surface area (Å²) in [5.41, 5.74) is 8.92. The van der Waals surface area contributed by atoms with Gasteiger partial charge in [-0.25, -0.2) is 0 Å². The summed E-state index contributed by atoms with van der Waals surface area (Å²) in [5, 5.41) is 3.03. The molecule has 0 saturated carbocycles. The minimum Gasteiger partial charge on any atom is -0.494 e. The zero-order valence-electron chi connectivity index (χ0n) is 19.4. The number of nitrogens with zero attached hydrogens (tertiary/aromatic N) is 1. The molecule has 33 heavy (non-hydrogen) atoms. The number of benzene rings is 2. The van der Waals surface area contributed by atoms with Crippen molar-refractivity contribution in [2.75, 3.05) is 25.4 Å². The lowest BCUT2D eigenvalue weighted by molar-refractivity contribution is -0.0246. The maximum atomic E-state index is 13.2. The summed E-state index contributed by atoms with van der Waals surface area (Å²) in [5.74, 6) is 0.962. The zero-order chi connectivity index (χ0) is 23.6. The molecule has 1 saturated heterocycles. The average Bonchev–Trinajstić information content (AvgIpc) is 2.80. The van der Waals surface area contributed by atoms with Crippen LogP contribution in [0.15, 0.2) is 36.4 Å². The molecule has 0 radical (unpaired) electrons. The van der Waals surface area contributed by atoms with Gasteiger partial charge in [-0.2, -0.15) is 0 Å². The van der Waals surface area contributed by atoms with Crippen LogP contribution in [0.1, 0.15) is 65.0 Å². The summed E-state index contributed by atoms with van der Waals surface area (Å²) in [6.07, 6.45) is 5.90. The van der Waals surface area contributed by atoms with Crippen molar-refractivity contribution in [1.29, 1.82) is 0 Å². The maximum absolute atomic E-state index is 13.2. The van der Waals surface area contributed by atoms with Crippen LogP contribution in [0.25, 0.3) is 6.08 Å². The highest BCUT2D eigenvalue weighted by Crippen LogP contribution is 2.36. The summed E-state index contributed by atoms with van der Waals surface area (Å²) >= 11 is 0. The Bertz CT molecular complexity index is 1100. The molecule has 3 N–H and O–H groups in total. The molecule has 0 unspecified atom stereocenters. The number of nitrogen functional groups attached to an aromatic ring is 1. The Balaban J connectivity index is 1.48. The second kappa shape index (κ2) is 9.17. The van der Waals surface area contributed by atoms with Crippen LogP contribution in [-0.4, -0.2) is 42.1 Å². The number of aryl methyl sites for hydroxylation is 1. The molecule has 2 amide bonds. The van der Waals surface area contributed by atoms with E-state index in [-0.39, 0.29) is 11.8 Å². The lowest BCUT2D eigenvalue weighted by atomic mass is 9.95. The molecule has 174 valence electrons. The SMILES string of the molecule is CCC=Cc1cc(C(=O)N2CCC3(CC2)NC(=O)c2cc(OCC)ccc2O3)cc(C)c1N. The van der Waals surface area contributed by atoms with Gasteiger partial charge in [0.2, 0.25) is 0 Å². The molecule has 2 aliphatic rings. The summed E-state index contributed by atoms with van der Waals surface area (Å²) < 4.78 is 11.7. The van der Waals surface area contributed by atoms with Crippen molar-refractivity contribution < 1.29 is 19.1 Å². The standard InChI is InChI=1S/C26H31N3O4/c1-4-6-7-18-15-19(14-17(3)23(18)27)25(31)29-12-10-26(11-13-29)28-24(30)21-16-20(32-5-2)8-9-22(21)33-26/h6-9,14-16H,4-5,10-13,27H2,1-3H3,(H,28,30). The summed E-state index contributed by atoms with van der Waals surface area (Å²) in [4.78, 5) is 27.9. The van der Waals surface area contributed by atoms with E-state index < -0.39 is 5.72 Å². The van der Waals surface area contributed by atoms with E-state index in [1.165, 1.54) is 0 Å². The van der Waals surface area contributed by atoms with Crippen LogP contribution in [0.4, 0.5) is 5.69 Å². The number of nitrogens with one attached hydrogen (secondary N) is 1. The fourth-order valence-corrected chi connectivity index (χ4v) is 4.35. The molecule has 1 spiro atoms. The van der Waals surface area contributed by atoms with Gasteiger partial charge in [-0.15, -0.1) is 0 Å². The van der Waals surface area contributed by atoms with Crippen molar-refractivity contribution in [3.63, 3.8) is 0 Å². The highest BCUT2D eigenvalue weighted by Gasteiger charge is 2.43. The van der Waals surface area contributed by atoms with Crippen molar-refractivity contribution in [3.8, 4) is 11.5 Å². The van der Waals surface area contributed by atoms with Gasteiger partial charge in [0.05, 0.1) is 12.2 Å². The van der Waals surface area contributed by atoms with Gasteiger partial charge >= 0.3 is 0 Å². The number of allylic oxidation sites excluding steroid dienone is 1.